The minimum atomic E-state index is -1.82. The van der Waals surface area contributed by atoms with Gasteiger partial charge in [0, 0.05) is 12.8 Å². The average molecular weight is 1040 g/mol. The molecule has 0 spiro atoms. The van der Waals surface area contributed by atoms with Crippen LogP contribution in [0.4, 0.5) is 0 Å². The topological polar surface area (TPSA) is 385 Å². The molecule has 0 heterocycles. The third kappa shape index (κ3) is 25.4. The quantitative estimate of drug-likeness (QED) is 0.0232. The highest BCUT2D eigenvalue weighted by Gasteiger charge is 2.36. The predicted molar refractivity (Wildman–Crippen MR) is 261 cm³/mol. The van der Waals surface area contributed by atoms with Crippen LogP contribution in [-0.4, -0.2) is 217 Å². The van der Waals surface area contributed by atoms with Gasteiger partial charge in [-0.1, -0.05) is 50.6 Å². The molecule has 410 valence electrons. The lowest BCUT2D eigenvalue weighted by atomic mass is 9.97. The zero-order valence-electron chi connectivity index (χ0n) is 43.2. The van der Waals surface area contributed by atoms with Gasteiger partial charge in [0.1, 0.15) is 48.3 Å². The normalized spacial score (nSPS) is 15.2. The molecule has 8 amide bonds. The standard InChI is InChI=1S/C47H76N10O16/c1-10-27(2)39(46(71)53-33(23-38(63)64)43(68)51-31(47(72)73)18-14-15-21-56(4,5)6)55-40(65)28(3)48-44(69)35(26-59)54-41(66)30(19-20-37(61)62)50-42(67)32(22-29-16-12-11-13-17-29)52-45(70)34(25-58)49-36(60)24-57(7,8)9/h11-13,16-17,27-28,30-35,39,58-59H,10,14-15,18-26H2,1-9H3,(H9-2,48,49,50,51,52,53,54,55,60,61,62,63,64,65,66,67,68,69,70,71,72,73)/p+2/t27-,28-,30-,31-,32-,33-,34-,35-,39-/m0/s1. The predicted octanol–water partition coefficient (Wildman–Crippen LogP) is -3.84. The summed E-state index contributed by atoms with van der Waals surface area (Å²) in [6, 6.07) is -4.29. The molecule has 26 heteroatoms. The molecule has 26 nitrogen and oxygen atoms in total. The Kier molecular flexibility index (Phi) is 27.2. The number of hydrogen-bond donors (Lipinski definition) is 13. The first-order valence-corrected chi connectivity index (χ1v) is 23.9. The Morgan fingerprint density at radius 3 is 1.53 bits per heavy atom. The molecule has 13 N–H and O–H groups in total. The van der Waals surface area contributed by atoms with E-state index in [2.05, 4.69) is 42.5 Å². The summed E-state index contributed by atoms with van der Waals surface area (Å²) in [5, 5.41) is 67.8. The molecule has 0 aromatic heterocycles. The molecule has 1 aromatic rings. The SMILES string of the molecule is CC[C@H](C)[C@H](NC(=O)[C@H](C)NC(=O)[C@H](CO)NC(=O)[C@H](CCC(=O)O)NC(=O)[C@H](Cc1ccccc1)NC(=O)[C@H](CO)NC(=O)C[N+](C)(C)C)C(=O)N[C@@H](CC(=O)O)C(=O)N[C@@H](CCCC[N+](C)(C)C)C(=O)O. The number of benzene rings is 1. The Bertz CT molecular complexity index is 2060. The molecule has 0 bridgehead atoms. The molecule has 0 aliphatic heterocycles. The van der Waals surface area contributed by atoms with Crippen LogP contribution in [-0.2, 0) is 59.2 Å². The zero-order chi connectivity index (χ0) is 55.8. The number of carbonyl (C=O) groups excluding carboxylic acids is 8. The van der Waals surface area contributed by atoms with E-state index in [1.165, 1.54) is 6.92 Å². The van der Waals surface area contributed by atoms with Gasteiger partial charge in [-0.15, -0.1) is 0 Å². The van der Waals surface area contributed by atoms with E-state index in [1.807, 2.05) is 21.1 Å². The third-order valence-electron chi connectivity index (χ3n) is 11.2. The van der Waals surface area contributed by atoms with E-state index in [-0.39, 0.29) is 30.3 Å². The number of nitrogens with zero attached hydrogens (tertiary/aromatic N) is 2. The van der Waals surface area contributed by atoms with Crippen LogP contribution in [0, 0.1) is 5.92 Å². The summed E-state index contributed by atoms with van der Waals surface area (Å²) >= 11 is 0. The molecular weight excluding hydrogens is 961 g/mol. The van der Waals surface area contributed by atoms with Gasteiger partial charge in [-0.3, -0.25) is 47.9 Å². The van der Waals surface area contributed by atoms with Gasteiger partial charge in [0.2, 0.25) is 41.4 Å². The summed E-state index contributed by atoms with van der Waals surface area (Å²) in [4.78, 5) is 143. The highest BCUT2D eigenvalue weighted by molar-refractivity contribution is 5.98. The van der Waals surface area contributed by atoms with Crippen molar-refractivity contribution >= 4 is 65.2 Å². The van der Waals surface area contributed by atoms with Crippen LogP contribution in [0.15, 0.2) is 30.3 Å². The molecule has 73 heavy (non-hydrogen) atoms. The number of aliphatic carboxylic acids is 3. The van der Waals surface area contributed by atoms with Crippen LogP contribution in [0.3, 0.4) is 0 Å². The summed E-state index contributed by atoms with van der Waals surface area (Å²) in [6.45, 7) is 3.15. The van der Waals surface area contributed by atoms with Crippen LogP contribution < -0.4 is 42.5 Å². The second-order valence-corrected chi connectivity index (χ2v) is 19.9. The number of quaternary nitrogens is 2. The molecular formula is C47H78N10O16+2. The van der Waals surface area contributed by atoms with E-state index in [0.717, 1.165) is 6.54 Å². The number of unbranched alkanes of at least 4 members (excludes halogenated alkanes) is 1. The summed E-state index contributed by atoms with van der Waals surface area (Å²) in [5.41, 5.74) is 0.531. The molecule has 0 saturated carbocycles. The molecule has 0 saturated heterocycles. The fraction of sp³-hybridized carbons (Fsp3) is 0.638. The lowest BCUT2D eigenvalue weighted by Gasteiger charge is -2.28. The van der Waals surface area contributed by atoms with Crippen LogP contribution in [0.5, 0.6) is 0 Å². The minimum Gasteiger partial charge on any atom is -0.481 e. The molecule has 0 unspecified atom stereocenters. The van der Waals surface area contributed by atoms with Gasteiger partial charge in [0.25, 0.3) is 5.91 Å². The summed E-state index contributed by atoms with van der Waals surface area (Å²) < 4.78 is 0.816. The van der Waals surface area contributed by atoms with Gasteiger partial charge in [0.05, 0.1) is 68.5 Å². The van der Waals surface area contributed by atoms with Crippen molar-refractivity contribution in [3.8, 4) is 0 Å². The number of hydrogen-bond acceptors (Lipinski definition) is 13. The number of nitrogens with one attached hydrogen (secondary N) is 8. The number of aliphatic hydroxyl groups excluding tert-OH is 2. The maximum atomic E-state index is 13.9. The first-order valence-electron chi connectivity index (χ1n) is 23.9. The highest BCUT2D eigenvalue weighted by atomic mass is 16.4. The molecule has 0 aliphatic carbocycles. The number of carbonyl (C=O) groups is 11. The van der Waals surface area contributed by atoms with Crippen molar-refractivity contribution in [2.45, 2.75) is 120 Å². The second-order valence-electron chi connectivity index (χ2n) is 19.9. The van der Waals surface area contributed by atoms with Crippen LogP contribution in [0.2, 0.25) is 0 Å². The van der Waals surface area contributed by atoms with E-state index < -0.39 is 152 Å². The molecule has 0 radical (unpaired) electrons. The second kappa shape index (κ2) is 31.0. The summed E-state index contributed by atoms with van der Waals surface area (Å²) in [7, 11) is 11.1. The zero-order valence-corrected chi connectivity index (χ0v) is 43.2. The highest BCUT2D eigenvalue weighted by Crippen LogP contribution is 2.12. The van der Waals surface area contributed by atoms with E-state index in [1.54, 1.807) is 65.3 Å². The van der Waals surface area contributed by atoms with Gasteiger partial charge < -0.3 is 77.0 Å². The van der Waals surface area contributed by atoms with E-state index in [0.29, 0.717) is 22.9 Å². The van der Waals surface area contributed by atoms with Gasteiger partial charge in [-0.25, -0.2) is 4.79 Å². The Balaban J connectivity index is 3.25. The van der Waals surface area contributed by atoms with Gasteiger partial charge in [0.15, 0.2) is 6.54 Å². The Morgan fingerprint density at radius 2 is 1.01 bits per heavy atom. The molecule has 1 rings (SSSR count). The number of likely N-dealkylation sites (N-methyl/N-ethyl adjacent to an activating group) is 1. The lowest BCUT2D eigenvalue weighted by Crippen LogP contribution is -2.61. The first kappa shape index (κ1) is 64.2. The van der Waals surface area contributed by atoms with E-state index >= 15 is 0 Å². The Hall–Kier alpha value is -6.77. The van der Waals surface area contributed by atoms with Crippen LogP contribution in [0.1, 0.15) is 71.3 Å². The number of amides is 8. The van der Waals surface area contributed by atoms with Gasteiger partial charge >= 0.3 is 17.9 Å². The number of carboxylic acids is 3. The van der Waals surface area contributed by atoms with Crippen molar-refractivity contribution in [3.63, 3.8) is 0 Å². The van der Waals surface area contributed by atoms with Crippen LogP contribution in [0.25, 0.3) is 0 Å². The largest absolute Gasteiger partial charge is 0.481 e. The van der Waals surface area contributed by atoms with Gasteiger partial charge in [-0.2, -0.15) is 0 Å². The van der Waals surface area contributed by atoms with Crippen molar-refractivity contribution in [2.75, 3.05) is 68.6 Å². The first-order chi connectivity index (χ1) is 33.9. The van der Waals surface area contributed by atoms with Crippen molar-refractivity contribution in [1.82, 2.24) is 42.5 Å². The summed E-state index contributed by atoms with van der Waals surface area (Å²) in [6.07, 6.45) is -1.01. The number of carboxylic acid groups (broad SMARTS) is 3. The monoisotopic (exact) mass is 1040 g/mol. The van der Waals surface area contributed by atoms with Crippen molar-refractivity contribution in [3.05, 3.63) is 35.9 Å². The maximum Gasteiger partial charge on any atom is 0.326 e. The fourth-order valence-corrected chi connectivity index (χ4v) is 6.94. The maximum absolute atomic E-state index is 13.9. The summed E-state index contributed by atoms with van der Waals surface area (Å²) in [5.74, 6) is -12.8. The third-order valence-corrected chi connectivity index (χ3v) is 11.2. The van der Waals surface area contributed by atoms with Crippen LogP contribution >= 0.6 is 0 Å². The fourth-order valence-electron chi connectivity index (χ4n) is 6.94. The van der Waals surface area contributed by atoms with Crippen molar-refractivity contribution in [1.29, 1.82) is 0 Å². The van der Waals surface area contributed by atoms with E-state index in [9.17, 15) is 78.3 Å². The lowest BCUT2D eigenvalue weighted by molar-refractivity contribution is -0.870. The van der Waals surface area contributed by atoms with E-state index in [4.69, 9.17) is 0 Å². The molecule has 9 atom stereocenters. The van der Waals surface area contributed by atoms with Crippen molar-refractivity contribution in [2.24, 2.45) is 5.92 Å². The minimum absolute atomic E-state index is 0.0259. The Morgan fingerprint density at radius 1 is 0.521 bits per heavy atom. The molecule has 0 fully saturated rings. The molecule has 1 aromatic carbocycles. The van der Waals surface area contributed by atoms with Gasteiger partial charge in [-0.05, 0) is 44.1 Å². The number of rotatable bonds is 34. The smallest absolute Gasteiger partial charge is 0.326 e. The average Bonchev–Trinajstić information content (AvgIpc) is 3.29. The molecule has 0 aliphatic rings. The van der Waals surface area contributed by atoms with Crippen molar-refractivity contribution < 1.29 is 87.2 Å². The Labute approximate surface area is 424 Å². The number of aliphatic hydroxyl groups is 2.